The normalized spacial score (nSPS) is 22.4. The van der Waals surface area contributed by atoms with E-state index < -0.39 is 0 Å². The Morgan fingerprint density at radius 1 is 1.58 bits per heavy atom. The molecule has 0 aromatic carbocycles. The first-order chi connectivity index (χ1) is 5.83. The molecule has 0 fully saturated rings. The van der Waals surface area contributed by atoms with Crippen LogP contribution in [0.4, 0.5) is 0 Å². The Balaban J connectivity index is 2.16. The molecule has 0 radical (unpaired) electrons. The van der Waals surface area contributed by atoms with Gasteiger partial charge in [-0.1, -0.05) is 12.5 Å². The van der Waals surface area contributed by atoms with E-state index in [1.807, 2.05) is 6.08 Å². The Labute approximate surface area is 78.0 Å². The van der Waals surface area contributed by atoms with Crippen molar-refractivity contribution in [1.82, 2.24) is 5.32 Å². The molecule has 0 aromatic rings. The van der Waals surface area contributed by atoms with Gasteiger partial charge in [0, 0.05) is 11.9 Å². The highest BCUT2D eigenvalue weighted by atomic mass is 35.5. The third kappa shape index (κ3) is 3.26. The number of carbonyl (C=O) groups excluding carboxylic acids is 1. The smallest absolute Gasteiger partial charge is 0.243 e. The maximum atomic E-state index is 10.9. The van der Waals surface area contributed by atoms with E-state index in [0.29, 0.717) is 6.04 Å². The van der Waals surface area contributed by atoms with Crippen LogP contribution in [0.15, 0.2) is 12.2 Å². The van der Waals surface area contributed by atoms with Crippen molar-refractivity contribution < 1.29 is 4.79 Å². The van der Waals surface area contributed by atoms with Gasteiger partial charge in [-0.15, -0.1) is 11.6 Å². The summed E-state index contributed by atoms with van der Waals surface area (Å²) in [6.45, 7) is 0. The molecule has 1 rings (SSSR count). The van der Waals surface area contributed by atoms with Crippen LogP contribution in [0.3, 0.4) is 0 Å². The lowest BCUT2D eigenvalue weighted by atomic mass is 10.0. The quantitative estimate of drug-likeness (QED) is 0.528. The molecule has 3 heteroatoms. The first kappa shape index (κ1) is 9.59. The molecule has 0 saturated carbocycles. The van der Waals surface area contributed by atoms with E-state index in [1.54, 1.807) is 6.08 Å². The van der Waals surface area contributed by atoms with Gasteiger partial charge in [0.2, 0.25) is 5.91 Å². The molecule has 12 heavy (non-hydrogen) atoms. The highest BCUT2D eigenvalue weighted by Gasteiger charge is 2.12. The van der Waals surface area contributed by atoms with Gasteiger partial charge in [-0.2, -0.15) is 0 Å². The first-order valence-electron chi connectivity index (χ1n) is 4.36. The van der Waals surface area contributed by atoms with Gasteiger partial charge in [0.25, 0.3) is 0 Å². The van der Waals surface area contributed by atoms with Crippen molar-refractivity contribution >= 4 is 17.5 Å². The van der Waals surface area contributed by atoms with Crippen LogP contribution >= 0.6 is 11.6 Å². The second kappa shape index (κ2) is 5.20. The third-order valence-corrected chi connectivity index (χ3v) is 2.24. The molecule has 1 heterocycles. The highest BCUT2D eigenvalue weighted by Crippen LogP contribution is 2.09. The molecular formula is C9H14ClNO. The number of halogens is 1. The second-order valence-corrected chi connectivity index (χ2v) is 3.41. The van der Waals surface area contributed by atoms with E-state index in [1.165, 1.54) is 0 Å². The zero-order valence-corrected chi connectivity index (χ0v) is 7.81. The number of amides is 1. The lowest BCUT2D eigenvalue weighted by Gasteiger charge is -2.18. The van der Waals surface area contributed by atoms with E-state index in [0.717, 1.165) is 31.6 Å². The monoisotopic (exact) mass is 187 g/mol. The van der Waals surface area contributed by atoms with Gasteiger partial charge in [0.1, 0.15) is 0 Å². The summed E-state index contributed by atoms with van der Waals surface area (Å²) in [4.78, 5) is 10.9. The molecule has 0 aromatic heterocycles. The van der Waals surface area contributed by atoms with Crippen molar-refractivity contribution in [2.24, 2.45) is 0 Å². The van der Waals surface area contributed by atoms with Crippen LogP contribution in [-0.2, 0) is 4.79 Å². The van der Waals surface area contributed by atoms with Crippen LogP contribution < -0.4 is 5.32 Å². The van der Waals surface area contributed by atoms with Gasteiger partial charge >= 0.3 is 0 Å². The molecule has 1 aliphatic heterocycles. The van der Waals surface area contributed by atoms with Gasteiger partial charge < -0.3 is 5.32 Å². The van der Waals surface area contributed by atoms with Crippen molar-refractivity contribution in [3.05, 3.63) is 12.2 Å². The Kier molecular flexibility index (Phi) is 4.15. The summed E-state index contributed by atoms with van der Waals surface area (Å²) < 4.78 is 0. The lowest BCUT2D eigenvalue weighted by Crippen LogP contribution is -2.35. The Bertz CT molecular complexity index is 179. The summed E-state index contributed by atoms with van der Waals surface area (Å²) in [5.41, 5.74) is 0. The Morgan fingerprint density at radius 3 is 3.08 bits per heavy atom. The van der Waals surface area contributed by atoms with Crippen LogP contribution in [0.2, 0.25) is 0 Å². The van der Waals surface area contributed by atoms with E-state index in [4.69, 9.17) is 11.6 Å². The SMILES string of the molecule is O=C1C=CC[C@H](CCCCCl)N1. The summed E-state index contributed by atoms with van der Waals surface area (Å²) in [6, 6.07) is 0.339. The molecule has 1 atom stereocenters. The predicted octanol–water partition coefficient (Wildman–Crippen LogP) is 1.84. The number of alkyl halides is 1. The van der Waals surface area contributed by atoms with Crippen LogP contribution in [-0.4, -0.2) is 17.8 Å². The van der Waals surface area contributed by atoms with Gasteiger partial charge in [0.05, 0.1) is 0 Å². The van der Waals surface area contributed by atoms with E-state index in [2.05, 4.69) is 5.32 Å². The minimum absolute atomic E-state index is 0.0390. The standard InChI is InChI=1S/C9H14ClNO/c10-7-2-1-4-8-5-3-6-9(12)11-8/h3,6,8H,1-2,4-5,7H2,(H,11,12)/t8-/m0/s1. The van der Waals surface area contributed by atoms with Crippen molar-refractivity contribution in [1.29, 1.82) is 0 Å². The molecule has 0 aliphatic carbocycles. The predicted molar refractivity (Wildman–Crippen MR) is 50.3 cm³/mol. The van der Waals surface area contributed by atoms with E-state index in [9.17, 15) is 4.79 Å². The largest absolute Gasteiger partial charge is 0.350 e. The zero-order valence-electron chi connectivity index (χ0n) is 7.05. The highest BCUT2D eigenvalue weighted by molar-refractivity contribution is 6.17. The summed E-state index contributed by atoms with van der Waals surface area (Å²) in [5.74, 6) is 0.758. The second-order valence-electron chi connectivity index (χ2n) is 3.03. The maximum Gasteiger partial charge on any atom is 0.243 e. The number of hydrogen-bond donors (Lipinski definition) is 1. The van der Waals surface area contributed by atoms with Crippen molar-refractivity contribution in [3.8, 4) is 0 Å². The summed E-state index contributed by atoms with van der Waals surface area (Å²) in [6.07, 6.45) is 7.68. The fourth-order valence-corrected chi connectivity index (χ4v) is 1.51. The Hall–Kier alpha value is -0.500. The summed E-state index contributed by atoms with van der Waals surface area (Å²) in [5, 5.41) is 2.91. The van der Waals surface area contributed by atoms with E-state index in [-0.39, 0.29) is 5.91 Å². The summed E-state index contributed by atoms with van der Waals surface area (Å²) >= 11 is 5.55. The van der Waals surface area contributed by atoms with Crippen molar-refractivity contribution in [2.45, 2.75) is 31.7 Å². The van der Waals surface area contributed by atoms with Crippen molar-refractivity contribution in [2.75, 3.05) is 5.88 Å². The average molecular weight is 188 g/mol. The van der Waals surface area contributed by atoms with Gasteiger partial charge in [-0.25, -0.2) is 0 Å². The molecular weight excluding hydrogens is 174 g/mol. The van der Waals surface area contributed by atoms with Gasteiger partial charge in [0.15, 0.2) is 0 Å². The topological polar surface area (TPSA) is 29.1 Å². The number of unbranched alkanes of at least 4 members (excludes halogenated alkanes) is 1. The number of nitrogens with one attached hydrogen (secondary N) is 1. The lowest BCUT2D eigenvalue weighted by molar-refractivity contribution is -0.117. The molecule has 2 nitrogen and oxygen atoms in total. The third-order valence-electron chi connectivity index (χ3n) is 1.97. The molecule has 1 amide bonds. The fraction of sp³-hybridized carbons (Fsp3) is 0.667. The minimum Gasteiger partial charge on any atom is -0.350 e. The van der Waals surface area contributed by atoms with Crippen LogP contribution in [0.25, 0.3) is 0 Å². The minimum atomic E-state index is 0.0390. The number of hydrogen-bond acceptors (Lipinski definition) is 1. The molecule has 68 valence electrons. The van der Waals surface area contributed by atoms with E-state index >= 15 is 0 Å². The van der Waals surface area contributed by atoms with Gasteiger partial charge in [-0.05, 0) is 25.3 Å². The van der Waals surface area contributed by atoms with Crippen LogP contribution in [0.1, 0.15) is 25.7 Å². The Morgan fingerprint density at radius 2 is 2.42 bits per heavy atom. The van der Waals surface area contributed by atoms with Crippen LogP contribution in [0.5, 0.6) is 0 Å². The molecule has 0 bridgehead atoms. The molecule has 1 N–H and O–H groups in total. The zero-order chi connectivity index (χ0) is 8.81. The maximum absolute atomic E-state index is 10.9. The van der Waals surface area contributed by atoms with Crippen LogP contribution in [0, 0.1) is 0 Å². The molecule has 0 unspecified atom stereocenters. The average Bonchev–Trinajstić information content (AvgIpc) is 2.05. The molecule has 0 saturated heterocycles. The summed E-state index contributed by atoms with van der Waals surface area (Å²) in [7, 11) is 0. The molecule has 0 spiro atoms. The molecule has 1 aliphatic rings. The van der Waals surface area contributed by atoms with Crippen molar-refractivity contribution in [3.63, 3.8) is 0 Å². The van der Waals surface area contributed by atoms with Gasteiger partial charge in [-0.3, -0.25) is 4.79 Å². The number of carbonyl (C=O) groups is 1. The fourth-order valence-electron chi connectivity index (χ4n) is 1.32. The number of rotatable bonds is 4. The first-order valence-corrected chi connectivity index (χ1v) is 4.89.